The van der Waals surface area contributed by atoms with Gasteiger partial charge in [-0.05, 0) is 54.8 Å². The average Bonchev–Trinajstić information content (AvgIpc) is 2.41. The molecule has 1 aromatic rings. The van der Waals surface area contributed by atoms with Crippen LogP contribution in [0.2, 0.25) is 0 Å². The fourth-order valence-electron chi connectivity index (χ4n) is 1.85. The van der Waals surface area contributed by atoms with Crippen molar-refractivity contribution in [1.29, 1.82) is 0 Å². The molecule has 0 saturated carbocycles. The van der Waals surface area contributed by atoms with Crippen LogP contribution in [0.4, 0.5) is 13.2 Å². The largest absolute Gasteiger partial charge is 0.446 e. The second kappa shape index (κ2) is 7.58. The Balaban J connectivity index is 0.000000956. The Hall–Kier alpha value is -1.16. The summed E-state index contributed by atoms with van der Waals surface area (Å²) in [6.45, 7) is 6.08. The van der Waals surface area contributed by atoms with Crippen LogP contribution in [0.5, 0.6) is 0 Å². The van der Waals surface area contributed by atoms with Crippen molar-refractivity contribution in [2.24, 2.45) is 0 Å². The highest BCUT2D eigenvalue weighted by molar-refractivity contribution is 8.00. The first-order valence-corrected chi connectivity index (χ1v) is 7.48. The number of benzene rings is 1. The third kappa shape index (κ3) is 5.45. The van der Waals surface area contributed by atoms with Gasteiger partial charge >= 0.3 is 5.51 Å². The van der Waals surface area contributed by atoms with Crippen molar-refractivity contribution in [1.82, 2.24) is 0 Å². The van der Waals surface area contributed by atoms with Crippen LogP contribution in [0, 0.1) is 0 Å². The van der Waals surface area contributed by atoms with Crippen LogP contribution in [0.1, 0.15) is 39.2 Å². The molecule has 0 bridgehead atoms. The summed E-state index contributed by atoms with van der Waals surface area (Å²) in [4.78, 5) is 0.231. The van der Waals surface area contributed by atoms with Gasteiger partial charge in [0.25, 0.3) is 0 Å². The lowest BCUT2D eigenvalue weighted by Gasteiger charge is -2.13. The normalized spacial score (nSPS) is 14.9. The molecule has 4 heteroatoms. The first-order chi connectivity index (χ1) is 9.44. The highest BCUT2D eigenvalue weighted by atomic mass is 32.2. The van der Waals surface area contributed by atoms with Crippen molar-refractivity contribution in [3.63, 3.8) is 0 Å². The molecule has 1 aliphatic carbocycles. The van der Waals surface area contributed by atoms with Gasteiger partial charge in [0.15, 0.2) is 0 Å². The topological polar surface area (TPSA) is 0 Å². The van der Waals surface area contributed by atoms with E-state index in [4.69, 9.17) is 0 Å². The number of thioether (sulfide) groups is 1. The summed E-state index contributed by atoms with van der Waals surface area (Å²) < 4.78 is 36.6. The molecular formula is C16H19F3S. The number of alkyl halides is 3. The number of rotatable bonds is 2. The maximum absolute atomic E-state index is 12.2. The van der Waals surface area contributed by atoms with Crippen LogP contribution in [0.15, 0.2) is 46.9 Å². The highest BCUT2D eigenvalue weighted by Gasteiger charge is 2.29. The number of hydrogen-bond acceptors (Lipinski definition) is 1. The van der Waals surface area contributed by atoms with E-state index in [9.17, 15) is 13.2 Å². The second-order valence-corrected chi connectivity index (χ2v) is 5.42. The summed E-state index contributed by atoms with van der Waals surface area (Å²) in [6.07, 6.45) is 6.08. The van der Waals surface area contributed by atoms with Crippen LogP contribution in [0.25, 0.3) is 5.57 Å². The van der Waals surface area contributed by atoms with E-state index in [2.05, 4.69) is 13.0 Å². The molecule has 0 spiro atoms. The van der Waals surface area contributed by atoms with Crippen LogP contribution in [-0.4, -0.2) is 5.51 Å². The third-order valence-corrected chi connectivity index (χ3v) is 3.56. The predicted molar refractivity (Wildman–Crippen MR) is 80.7 cm³/mol. The van der Waals surface area contributed by atoms with E-state index in [1.165, 1.54) is 23.3 Å². The van der Waals surface area contributed by atoms with Crippen molar-refractivity contribution in [2.45, 2.75) is 44.0 Å². The van der Waals surface area contributed by atoms with E-state index in [0.29, 0.717) is 0 Å². The molecule has 0 unspecified atom stereocenters. The molecule has 2 rings (SSSR count). The van der Waals surface area contributed by atoms with Gasteiger partial charge in [-0.1, -0.05) is 43.7 Å². The summed E-state index contributed by atoms with van der Waals surface area (Å²) in [5, 5.41) is 0. The quantitative estimate of drug-likeness (QED) is 0.566. The second-order valence-electron chi connectivity index (χ2n) is 4.28. The van der Waals surface area contributed by atoms with Gasteiger partial charge in [-0.2, -0.15) is 13.2 Å². The van der Waals surface area contributed by atoms with Crippen molar-refractivity contribution < 1.29 is 13.2 Å². The minimum Gasteiger partial charge on any atom is -0.160 e. The van der Waals surface area contributed by atoms with Crippen molar-refractivity contribution in [2.75, 3.05) is 0 Å². The summed E-state index contributed by atoms with van der Waals surface area (Å²) in [5.41, 5.74) is -0.691. The Labute approximate surface area is 122 Å². The lowest BCUT2D eigenvalue weighted by molar-refractivity contribution is -0.0328. The average molecular weight is 300 g/mol. The molecular weight excluding hydrogens is 281 g/mol. The van der Waals surface area contributed by atoms with Gasteiger partial charge in [-0.15, -0.1) is 0 Å². The summed E-state index contributed by atoms with van der Waals surface area (Å²) >= 11 is -0.0749. The van der Waals surface area contributed by atoms with E-state index >= 15 is 0 Å². The minimum absolute atomic E-state index is 0.0749. The van der Waals surface area contributed by atoms with Crippen molar-refractivity contribution in [3.05, 3.63) is 47.6 Å². The molecule has 0 N–H and O–H groups in total. The van der Waals surface area contributed by atoms with Gasteiger partial charge < -0.3 is 0 Å². The van der Waals surface area contributed by atoms with E-state index in [1.807, 2.05) is 19.9 Å². The van der Waals surface area contributed by atoms with Crippen molar-refractivity contribution >= 4 is 17.3 Å². The zero-order valence-corrected chi connectivity index (χ0v) is 12.7. The monoisotopic (exact) mass is 300 g/mol. The fraction of sp³-hybridized carbons (Fsp3) is 0.375. The molecule has 0 aliphatic heterocycles. The van der Waals surface area contributed by atoms with Crippen LogP contribution in [-0.2, 0) is 0 Å². The summed E-state index contributed by atoms with van der Waals surface area (Å²) in [5.74, 6) is 0. The first-order valence-electron chi connectivity index (χ1n) is 6.66. The first kappa shape index (κ1) is 16.9. The highest BCUT2D eigenvalue weighted by Crippen LogP contribution is 2.37. The smallest absolute Gasteiger partial charge is 0.160 e. The molecule has 0 nitrogen and oxygen atoms in total. The Morgan fingerprint density at radius 3 is 2.00 bits per heavy atom. The number of allylic oxidation sites excluding steroid dienone is 4. The van der Waals surface area contributed by atoms with Gasteiger partial charge in [-0.3, -0.25) is 0 Å². The van der Waals surface area contributed by atoms with Gasteiger partial charge in [0, 0.05) is 4.90 Å². The molecule has 0 fully saturated rings. The van der Waals surface area contributed by atoms with Gasteiger partial charge in [0.1, 0.15) is 0 Å². The lowest BCUT2D eigenvalue weighted by atomic mass is 9.94. The number of hydrogen-bond donors (Lipinski definition) is 0. The standard InChI is InChI=1S/C14H13F3S.C2H6/c1-10-2-4-11(5-3-10)12-6-8-13(9-7-12)18-14(15,16)17;1-2/h2,4,6-9H,3,5H2,1H3;1-2H3. The summed E-state index contributed by atoms with van der Waals surface area (Å²) in [6, 6.07) is 6.57. The van der Waals surface area contributed by atoms with Gasteiger partial charge in [-0.25, -0.2) is 0 Å². The Kier molecular flexibility index (Phi) is 6.40. The number of halogens is 3. The predicted octanol–water partition coefficient (Wildman–Crippen LogP) is 6.45. The molecule has 0 heterocycles. The molecule has 1 aliphatic rings. The molecule has 0 radical (unpaired) electrons. The molecule has 0 saturated heterocycles. The molecule has 1 aromatic carbocycles. The summed E-state index contributed by atoms with van der Waals surface area (Å²) in [7, 11) is 0. The van der Waals surface area contributed by atoms with Crippen LogP contribution < -0.4 is 0 Å². The minimum atomic E-state index is -4.22. The van der Waals surface area contributed by atoms with E-state index < -0.39 is 5.51 Å². The Bertz CT molecular complexity index is 481. The molecule has 0 atom stereocenters. The van der Waals surface area contributed by atoms with Gasteiger partial charge in [0.2, 0.25) is 0 Å². The molecule has 20 heavy (non-hydrogen) atoms. The molecule has 0 amide bonds. The SMILES string of the molecule is CC.CC1=CC=C(c2ccc(SC(F)(F)F)cc2)CC1. The molecule has 110 valence electrons. The fourth-order valence-corrected chi connectivity index (χ4v) is 2.39. The van der Waals surface area contributed by atoms with Crippen molar-refractivity contribution in [3.8, 4) is 0 Å². The zero-order valence-electron chi connectivity index (χ0n) is 11.9. The van der Waals surface area contributed by atoms with Crippen LogP contribution >= 0.6 is 11.8 Å². The Morgan fingerprint density at radius 2 is 1.55 bits per heavy atom. The van der Waals surface area contributed by atoms with E-state index in [-0.39, 0.29) is 16.7 Å². The van der Waals surface area contributed by atoms with E-state index in [0.717, 1.165) is 18.4 Å². The molecule has 0 aromatic heterocycles. The maximum atomic E-state index is 12.2. The lowest BCUT2D eigenvalue weighted by Crippen LogP contribution is -1.99. The third-order valence-electron chi connectivity index (χ3n) is 2.82. The zero-order chi connectivity index (χ0) is 15.2. The van der Waals surface area contributed by atoms with Crippen LogP contribution in [0.3, 0.4) is 0 Å². The Morgan fingerprint density at radius 1 is 0.950 bits per heavy atom. The van der Waals surface area contributed by atoms with Gasteiger partial charge in [0.05, 0.1) is 0 Å². The maximum Gasteiger partial charge on any atom is 0.446 e. The van der Waals surface area contributed by atoms with E-state index in [1.54, 1.807) is 12.1 Å².